The van der Waals surface area contributed by atoms with Crippen molar-refractivity contribution < 1.29 is 9.60 Å². The van der Waals surface area contributed by atoms with E-state index in [4.69, 9.17) is 10.9 Å². The van der Waals surface area contributed by atoms with Gasteiger partial charge >= 0.3 is 0 Å². The molecule has 0 aliphatic carbocycles. The van der Waals surface area contributed by atoms with Gasteiger partial charge in [0.05, 0.1) is 0 Å². The van der Waals surface area contributed by atoms with Crippen LogP contribution in [0.3, 0.4) is 0 Å². The Morgan fingerprint density at radius 3 is 2.45 bits per heavy atom. The highest BCUT2D eigenvalue weighted by atomic mass is 19.1. The molecule has 0 amide bonds. The van der Waals surface area contributed by atoms with Gasteiger partial charge in [0, 0.05) is 24.2 Å². The number of rotatable bonds is 5. The Balaban J connectivity index is 1.90. The van der Waals surface area contributed by atoms with Gasteiger partial charge in [0.25, 0.3) is 0 Å². The molecule has 0 bridgehead atoms. The van der Waals surface area contributed by atoms with Crippen LogP contribution in [0, 0.1) is 5.82 Å². The molecule has 104 valence electrons. The number of benzene rings is 2. The summed E-state index contributed by atoms with van der Waals surface area (Å²) in [5.74, 6) is -0.127. The zero-order valence-corrected chi connectivity index (χ0v) is 10.9. The lowest BCUT2D eigenvalue weighted by atomic mass is 10.1. The Morgan fingerprint density at radius 2 is 1.80 bits per heavy atom. The van der Waals surface area contributed by atoms with Crippen molar-refractivity contribution in [1.29, 1.82) is 0 Å². The molecule has 0 saturated carbocycles. The zero-order valence-electron chi connectivity index (χ0n) is 10.9. The van der Waals surface area contributed by atoms with Crippen molar-refractivity contribution in [3.63, 3.8) is 0 Å². The van der Waals surface area contributed by atoms with Crippen molar-refractivity contribution in [3.05, 3.63) is 71.0 Å². The topological polar surface area (TPSA) is 70.6 Å². The second kappa shape index (κ2) is 6.68. The summed E-state index contributed by atoms with van der Waals surface area (Å²) in [6.45, 7) is 1.08. The van der Waals surface area contributed by atoms with Crippen molar-refractivity contribution >= 4 is 5.84 Å². The van der Waals surface area contributed by atoms with E-state index in [1.807, 2.05) is 18.2 Å². The predicted octanol–water partition coefficient (Wildman–Crippen LogP) is 2.21. The van der Waals surface area contributed by atoms with Gasteiger partial charge in [-0.05, 0) is 11.6 Å². The lowest BCUT2D eigenvalue weighted by Crippen LogP contribution is -2.15. The van der Waals surface area contributed by atoms with E-state index in [0.717, 1.165) is 5.56 Å². The normalized spacial score (nSPS) is 11.6. The number of nitrogens with two attached hydrogens (primary N) is 1. The number of hydrogen-bond acceptors (Lipinski definition) is 3. The van der Waals surface area contributed by atoms with Gasteiger partial charge in [-0.1, -0.05) is 47.6 Å². The number of hydrogen-bond donors (Lipinski definition) is 3. The third-order valence-corrected chi connectivity index (χ3v) is 2.96. The number of amidine groups is 1. The molecule has 5 heteroatoms. The molecule has 0 spiro atoms. The second-order valence-electron chi connectivity index (χ2n) is 4.38. The Hall–Kier alpha value is -2.40. The SMILES string of the molecule is NC(=NO)c1ccc(CNCc2ccccc2F)cc1. The first kappa shape index (κ1) is 14.0. The maximum Gasteiger partial charge on any atom is 0.170 e. The molecular formula is C15H16FN3O. The molecule has 0 fully saturated rings. The maximum absolute atomic E-state index is 13.4. The van der Waals surface area contributed by atoms with Crippen LogP contribution in [0.25, 0.3) is 0 Å². The van der Waals surface area contributed by atoms with E-state index in [0.29, 0.717) is 24.2 Å². The first-order chi connectivity index (χ1) is 9.70. The Labute approximate surface area is 116 Å². The maximum atomic E-state index is 13.4. The van der Waals surface area contributed by atoms with Crippen LogP contribution in [0.15, 0.2) is 53.7 Å². The summed E-state index contributed by atoms with van der Waals surface area (Å²) in [7, 11) is 0. The quantitative estimate of drug-likeness (QED) is 0.338. The average Bonchev–Trinajstić information content (AvgIpc) is 2.49. The average molecular weight is 273 g/mol. The van der Waals surface area contributed by atoms with E-state index in [-0.39, 0.29) is 11.7 Å². The van der Waals surface area contributed by atoms with Crippen LogP contribution in [-0.2, 0) is 13.1 Å². The lowest BCUT2D eigenvalue weighted by Gasteiger charge is -2.07. The van der Waals surface area contributed by atoms with Crippen molar-refractivity contribution in [3.8, 4) is 0 Å². The first-order valence-electron chi connectivity index (χ1n) is 6.21. The molecule has 0 unspecified atom stereocenters. The van der Waals surface area contributed by atoms with E-state index in [1.54, 1.807) is 24.3 Å². The smallest absolute Gasteiger partial charge is 0.170 e. The van der Waals surface area contributed by atoms with Crippen molar-refractivity contribution in [2.24, 2.45) is 10.9 Å². The first-order valence-corrected chi connectivity index (χ1v) is 6.21. The fourth-order valence-electron chi connectivity index (χ4n) is 1.83. The molecular weight excluding hydrogens is 257 g/mol. The van der Waals surface area contributed by atoms with E-state index >= 15 is 0 Å². The standard InChI is InChI=1S/C15H16FN3O/c16-14-4-2-1-3-13(14)10-18-9-11-5-7-12(8-6-11)15(17)19-20/h1-8,18,20H,9-10H2,(H2,17,19). The van der Waals surface area contributed by atoms with Gasteiger partial charge in [-0.3, -0.25) is 0 Å². The minimum atomic E-state index is -0.206. The summed E-state index contributed by atoms with van der Waals surface area (Å²) in [5, 5.41) is 14.7. The molecule has 20 heavy (non-hydrogen) atoms. The summed E-state index contributed by atoms with van der Waals surface area (Å²) >= 11 is 0. The van der Waals surface area contributed by atoms with Gasteiger partial charge < -0.3 is 16.3 Å². The highest BCUT2D eigenvalue weighted by Crippen LogP contribution is 2.07. The van der Waals surface area contributed by atoms with Crippen LogP contribution < -0.4 is 11.1 Å². The number of nitrogens with zero attached hydrogens (tertiary/aromatic N) is 1. The van der Waals surface area contributed by atoms with Gasteiger partial charge in [-0.15, -0.1) is 0 Å². The third kappa shape index (κ3) is 3.55. The number of halogens is 1. The van der Waals surface area contributed by atoms with Crippen LogP contribution in [0.1, 0.15) is 16.7 Å². The summed E-state index contributed by atoms with van der Waals surface area (Å²) in [5.41, 5.74) is 7.81. The molecule has 0 atom stereocenters. The molecule has 2 aromatic rings. The Bertz CT molecular complexity index is 596. The van der Waals surface area contributed by atoms with Crippen molar-refractivity contribution in [2.75, 3.05) is 0 Å². The molecule has 0 radical (unpaired) electrons. The Kier molecular flexibility index (Phi) is 4.68. The minimum Gasteiger partial charge on any atom is -0.409 e. The van der Waals surface area contributed by atoms with Crippen molar-refractivity contribution in [2.45, 2.75) is 13.1 Å². The minimum absolute atomic E-state index is 0.0795. The predicted molar refractivity (Wildman–Crippen MR) is 75.9 cm³/mol. The number of nitrogens with one attached hydrogen (secondary N) is 1. The largest absolute Gasteiger partial charge is 0.409 e. The highest BCUT2D eigenvalue weighted by Gasteiger charge is 2.01. The van der Waals surface area contributed by atoms with Crippen LogP contribution >= 0.6 is 0 Å². The summed E-state index contributed by atoms with van der Waals surface area (Å²) in [6, 6.07) is 14.0. The summed E-state index contributed by atoms with van der Waals surface area (Å²) in [4.78, 5) is 0. The van der Waals surface area contributed by atoms with Gasteiger partial charge in [0.2, 0.25) is 0 Å². The molecule has 0 aromatic heterocycles. The van der Waals surface area contributed by atoms with Crippen molar-refractivity contribution in [1.82, 2.24) is 5.32 Å². The van der Waals surface area contributed by atoms with Crippen LogP contribution in [0.5, 0.6) is 0 Å². The molecule has 4 nitrogen and oxygen atoms in total. The second-order valence-corrected chi connectivity index (χ2v) is 4.38. The monoisotopic (exact) mass is 273 g/mol. The number of oxime groups is 1. The van der Waals surface area contributed by atoms with Crippen LogP contribution in [0.4, 0.5) is 4.39 Å². The van der Waals surface area contributed by atoms with Crippen LogP contribution in [0.2, 0.25) is 0 Å². The molecule has 2 aromatic carbocycles. The van der Waals surface area contributed by atoms with E-state index in [1.165, 1.54) is 6.07 Å². The van der Waals surface area contributed by atoms with E-state index in [9.17, 15) is 4.39 Å². The third-order valence-electron chi connectivity index (χ3n) is 2.96. The lowest BCUT2D eigenvalue weighted by molar-refractivity contribution is 0.318. The summed E-state index contributed by atoms with van der Waals surface area (Å²) in [6.07, 6.45) is 0. The Morgan fingerprint density at radius 1 is 1.10 bits per heavy atom. The van der Waals surface area contributed by atoms with Crippen LogP contribution in [-0.4, -0.2) is 11.0 Å². The molecule has 0 aliphatic heterocycles. The molecule has 2 rings (SSSR count). The highest BCUT2D eigenvalue weighted by molar-refractivity contribution is 5.96. The summed E-state index contributed by atoms with van der Waals surface area (Å²) < 4.78 is 13.4. The zero-order chi connectivity index (χ0) is 14.4. The fraction of sp³-hybridized carbons (Fsp3) is 0.133. The fourth-order valence-corrected chi connectivity index (χ4v) is 1.83. The molecule has 0 saturated heterocycles. The molecule has 0 heterocycles. The van der Waals surface area contributed by atoms with Gasteiger partial charge in [-0.2, -0.15) is 0 Å². The molecule has 4 N–H and O–H groups in total. The van der Waals surface area contributed by atoms with Gasteiger partial charge in [0.15, 0.2) is 5.84 Å². The van der Waals surface area contributed by atoms with Gasteiger partial charge in [-0.25, -0.2) is 4.39 Å². The van der Waals surface area contributed by atoms with E-state index in [2.05, 4.69) is 10.5 Å². The molecule has 0 aliphatic rings. The van der Waals surface area contributed by atoms with E-state index < -0.39 is 0 Å². The van der Waals surface area contributed by atoms with Gasteiger partial charge in [0.1, 0.15) is 5.82 Å².